The van der Waals surface area contributed by atoms with Crippen LogP contribution in [0.3, 0.4) is 0 Å². The first kappa shape index (κ1) is 15.1. The van der Waals surface area contributed by atoms with Crippen molar-refractivity contribution in [2.45, 2.75) is 18.6 Å². The molecule has 0 unspecified atom stereocenters. The fourth-order valence-corrected chi connectivity index (χ4v) is 2.29. The van der Waals surface area contributed by atoms with Crippen LogP contribution in [0.25, 0.3) is 0 Å². The van der Waals surface area contributed by atoms with E-state index in [2.05, 4.69) is 6.58 Å². The highest BCUT2D eigenvalue weighted by Crippen LogP contribution is 2.22. The van der Waals surface area contributed by atoms with Gasteiger partial charge in [0, 0.05) is 18.5 Å². The zero-order valence-electron chi connectivity index (χ0n) is 11.4. The molecule has 0 aliphatic carbocycles. The summed E-state index contributed by atoms with van der Waals surface area (Å²) in [5.41, 5.74) is 0.362. The summed E-state index contributed by atoms with van der Waals surface area (Å²) in [5, 5.41) is 18.7. The summed E-state index contributed by atoms with van der Waals surface area (Å²) in [5.74, 6) is -0.914. The maximum Gasteiger partial charge on any atom is 0.326 e. The van der Waals surface area contributed by atoms with Gasteiger partial charge < -0.3 is 19.8 Å². The third kappa shape index (κ3) is 3.41. The Morgan fingerprint density at radius 3 is 2.62 bits per heavy atom. The van der Waals surface area contributed by atoms with Gasteiger partial charge in [-0.2, -0.15) is 0 Å². The van der Waals surface area contributed by atoms with Crippen LogP contribution in [0.2, 0.25) is 0 Å². The molecule has 2 N–H and O–H groups in total. The van der Waals surface area contributed by atoms with Crippen LogP contribution in [-0.2, 0) is 4.79 Å². The molecule has 1 saturated heterocycles. The Kier molecular flexibility index (Phi) is 4.59. The molecule has 1 fully saturated rings. The first-order chi connectivity index (χ1) is 10.0. The third-order valence-electron chi connectivity index (χ3n) is 3.29. The Labute approximate surface area is 122 Å². The smallest absolute Gasteiger partial charge is 0.326 e. The van der Waals surface area contributed by atoms with Gasteiger partial charge in [0.1, 0.15) is 18.4 Å². The predicted molar refractivity (Wildman–Crippen MR) is 75.2 cm³/mol. The fraction of sp³-hybridized carbons (Fsp3) is 0.333. The van der Waals surface area contributed by atoms with Crippen molar-refractivity contribution in [1.29, 1.82) is 0 Å². The highest BCUT2D eigenvalue weighted by atomic mass is 16.5. The summed E-state index contributed by atoms with van der Waals surface area (Å²) in [6.07, 6.45) is 0.870. The van der Waals surface area contributed by atoms with Gasteiger partial charge in [-0.25, -0.2) is 4.79 Å². The summed E-state index contributed by atoms with van der Waals surface area (Å²) in [7, 11) is 0. The van der Waals surface area contributed by atoms with Crippen molar-refractivity contribution in [3.05, 3.63) is 42.5 Å². The zero-order chi connectivity index (χ0) is 15.4. The Morgan fingerprint density at radius 2 is 2.05 bits per heavy atom. The number of β-amino-alcohol motifs (C(OH)–C–C–N with tert-alkyl or cyclic N) is 1. The Balaban J connectivity index is 2.12. The number of carboxylic acids is 1. The van der Waals surface area contributed by atoms with E-state index in [1.165, 1.54) is 4.90 Å². The minimum absolute atomic E-state index is 0.0323. The van der Waals surface area contributed by atoms with E-state index in [4.69, 9.17) is 9.84 Å². The molecular formula is C15H17NO5. The second-order valence-electron chi connectivity index (χ2n) is 4.83. The molecular weight excluding hydrogens is 274 g/mol. The van der Waals surface area contributed by atoms with Crippen molar-refractivity contribution in [2.24, 2.45) is 0 Å². The number of hydrogen-bond acceptors (Lipinski definition) is 4. The van der Waals surface area contributed by atoms with Crippen LogP contribution in [0.5, 0.6) is 5.75 Å². The van der Waals surface area contributed by atoms with E-state index in [9.17, 15) is 14.7 Å². The lowest BCUT2D eigenvalue weighted by Crippen LogP contribution is -2.40. The largest absolute Gasteiger partial charge is 0.490 e. The number of amides is 1. The van der Waals surface area contributed by atoms with Crippen molar-refractivity contribution in [2.75, 3.05) is 13.2 Å². The molecule has 1 heterocycles. The first-order valence-electron chi connectivity index (χ1n) is 6.58. The Bertz CT molecular complexity index is 539. The fourth-order valence-electron chi connectivity index (χ4n) is 2.29. The molecule has 0 saturated carbocycles. The number of carboxylic acid groups (broad SMARTS) is 1. The van der Waals surface area contributed by atoms with Crippen molar-refractivity contribution >= 4 is 11.9 Å². The van der Waals surface area contributed by atoms with E-state index < -0.39 is 24.0 Å². The molecule has 1 aliphatic rings. The van der Waals surface area contributed by atoms with Crippen LogP contribution in [0.4, 0.5) is 0 Å². The summed E-state index contributed by atoms with van der Waals surface area (Å²) in [6.45, 7) is 3.94. The first-order valence-corrected chi connectivity index (χ1v) is 6.58. The maximum atomic E-state index is 12.3. The lowest BCUT2D eigenvalue weighted by Gasteiger charge is -2.21. The van der Waals surface area contributed by atoms with E-state index in [1.54, 1.807) is 30.3 Å². The van der Waals surface area contributed by atoms with Crippen LogP contribution in [0, 0.1) is 0 Å². The van der Waals surface area contributed by atoms with Crippen molar-refractivity contribution < 1.29 is 24.5 Å². The molecule has 2 atom stereocenters. The average molecular weight is 291 g/mol. The van der Waals surface area contributed by atoms with Crippen molar-refractivity contribution in [3.8, 4) is 5.75 Å². The number of hydrogen-bond donors (Lipinski definition) is 2. The van der Waals surface area contributed by atoms with E-state index in [1.807, 2.05) is 0 Å². The number of likely N-dealkylation sites (tertiary alicyclic amines) is 1. The second kappa shape index (κ2) is 6.41. The van der Waals surface area contributed by atoms with Gasteiger partial charge in [0.25, 0.3) is 5.91 Å². The average Bonchev–Trinajstić information content (AvgIpc) is 2.87. The van der Waals surface area contributed by atoms with Gasteiger partial charge in [0.2, 0.25) is 0 Å². The van der Waals surface area contributed by atoms with Crippen LogP contribution in [0.1, 0.15) is 16.8 Å². The van der Waals surface area contributed by atoms with Gasteiger partial charge in [0.15, 0.2) is 0 Å². The van der Waals surface area contributed by atoms with Crippen LogP contribution < -0.4 is 4.74 Å². The third-order valence-corrected chi connectivity index (χ3v) is 3.29. The molecule has 0 aromatic heterocycles. The van der Waals surface area contributed by atoms with Crippen LogP contribution in [-0.4, -0.2) is 52.3 Å². The number of rotatable bonds is 5. The molecule has 0 radical (unpaired) electrons. The van der Waals surface area contributed by atoms with Gasteiger partial charge in [0.05, 0.1) is 6.10 Å². The van der Waals surface area contributed by atoms with Gasteiger partial charge >= 0.3 is 5.97 Å². The minimum atomic E-state index is -1.11. The second-order valence-corrected chi connectivity index (χ2v) is 4.83. The molecule has 6 heteroatoms. The zero-order valence-corrected chi connectivity index (χ0v) is 11.4. The highest BCUT2D eigenvalue weighted by molar-refractivity contribution is 5.97. The number of aliphatic hydroxyl groups excluding tert-OH is 1. The molecule has 112 valence electrons. The van der Waals surface area contributed by atoms with E-state index in [-0.39, 0.29) is 13.0 Å². The number of benzene rings is 1. The van der Waals surface area contributed by atoms with E-state index >= 15 is 0 Å². The molecule has 0 spiro atoms. The molecule has 2 rings (SSSR count). The summed E-state index contributed by atoms with van der Waals surface area (Å²) < 4.78 is 5.31. The molecule has 6 nitrogen and oxygen atoms in total. The monoisotopic (exact) mass is 291 g/mol. The molecule has 0 bridgehead atoms. The molecule has 1 aliphatic heterocycles. The van der Waals surface area contributed by atoms with Gasteiger partial charge in [-0.3, -0.25) is 4.79 Å². The molecule has 1 aromatic rings. The van der Waals surface area contributed by atoms with Gasteiger partial charge in [-0.05, 0) is 24.3 Å². The minimum Gasteiger partial charge on any atom is -0.490 e. The predicted octanol–water partition coefficient (Wildman–Crippen LogP) is 0.911. The maximum absolute atomic E-state index is 12.3. The van der Waals surface area contributed by atoms with Gasteiger partial charge in [-0.1, -0.05) is 12.7 Å². The van der Waals surface area contributed by atoms with Gasteiger partial charge in [-0.15, -0.1) is 0 Å². The summed E-state index contributed by atoms with van der Waals surface area (Å²) >= 11 is 0. The quantitative estimate of drug-likeness (QED) is 0.787. The van der Waals surface area contributed by atoms with E-state index in [0.717, 1.165) is 0 Å². The number of nitrogens with zero attached hydrogens (tertiary/aromatic N) is 1. The lowest BCUT2D eigenvalue weighted by atomic mass is 10.1. The Morgan fingerprint density at radius 1 is 1.38 bits per heavy atom. The SMILES string of the molecule is C=CCOc1ccc(C(=O)N2C[C@H](O)C[C@H]2C(=O)O)cc1. The summed E-state index contributed by atoms with van der Waals surface area (Å²) in [6, 6.07) is 5.44. The standard InChI is InChI=1S/C15H17NO5/c1-2-7-21-12-5-3-10(4-6-12)14(18)16-9-11(17)8-13(16)15(19)20/h2-6,11,13,17H,1,7-9H2,(H,19,20)/t11-,13+/m1/s1. The molecule has 1 amide bonds. The number of carbonyl (C=O) groups excluding carboxylic acids is 1. The normalized spacial score (nSPS) is 21.1. The van der Waals surface area contributed by atoms with Crippen LogP contribution >= 0.6 is 0 Å². The highest BCUT2D eigenvalue weighted by Gasteiger charge is 2.39. The van der Waals surface area contributed by atoms with Crippen molar-refractivity contribution in [1.82, 2.24) is 4.90 Å². The molecule has 21 heavy (non-hydrogen) atoms. The van der Waals surface area contributed by atoms with Crippen molar-refractivity contribution in [3.63, 3.8) is 0 Å². The topological polar surface area (TPSA) is 87.1 Å². The lowest BCUT2D eigenvalue weighted by molar-refractivity contribution is -0.141. The number of carbonyl (C=O) groups is 2. The van der Waals surface area contributed by atoms with E-state index in [0.29, 0.717) is 17.9 Å². The number of ether oxygens (including phenoxy) is 1. The Hall–Kier alpha value is -2.34. The number of aliphatic carboxylic acids is 1. The number of aliphatic hydroxyl groups is 1. The van der Waals surface area contributed by atoms with Crippen LogP contribution in [0.15, 0.2) is 36.9 Å². The summed E-state index contributed by atoms with van der Waals surface area (Å²) in [4.78, 5) is 24.6. The molecule has 1 aromatic carbocycles.